The van der Waals surface area contributed by atoms with E-state index in [0.29, 0.717) is 11.8 Å². The van der Waals surface area contributed by atoms with Crippen LogP contribution < -0.4 is 0 Å². The Bertz CT molecular complexity index is 2290. The summed E-state index contributed by atoms with van der Waals surface area (Å²) in [5.74, 6) is 1.78. The van der Waals surface area contributed by atoms with E-state index in [1.807, 2.05) is 11.3 Å². The summed E-state index contributed by atoms with van der Waals surface area (Å²) in [4.78, 5) is 5.28. The number of hydrogen-bond donors (Lipinski definition) is 0. The van der Waals surface area contributed by atoms with E-state index >= 15 is 0 Å². The Balaban J connectivity index is 1.41. The molecule has 0 bridgehead atoms. The highest BCUT2D eigenvalue weighted by molar-refractivity contribution is 7.26. The molecule has 8 aromatic rings. The molecule has 204 valence electrons. The Morgan fingerprint density at radius 3 is 2.10 bits per heavy atom. The fourth-order valence-electron chi connectivity index (χ4n) is 6.68. The molecular formula is C39H32N2S. The lowest BCUT2D eigenvalue weighted by molar-refractivity contribution is 0.811. The minimum absolute atomic E-state index is 0.389. The predicted octanol–water partition coefficient (Wildman–Crippen LogP) is 11.6. The van der Waals surface area contributed by atoms with Crippen molar-refractivity contribution in [3.63, 3.8) is 0 Å². The van der Waals surface area contributed by atoms with Gasteiger partial charge >= 0.3 is 0 Å². The molecule has 0 amide bonds. The van der Waals surface area contributed by atoms with E-state index in [1.165, 1.54) is 58.5 Å². The lowest BCUT2D eigenvalue weighted by atomic mass is 9.92. The smallest absolute Gasteiger partial charge is 0.145 e. The van der Waals surface area contributed by atoms with Crippen LogP contribution in [0.15, 0.2) is 109 Å². The monoisotopic (exact) mass is 560 g/mol. The van der Waals surface area contributed by atoms with Crippen molar-refractivity contribution in [2.24, 2.45) is 0 Å². The van der Waals surface area contributed by atoms with Gasteiger partial charge in [-0.25, -0.2) is 4.98 Å². The average Bonchev–Trinajstić information content (AvgIpc) is 3.58. The third-order valence-electron chi connectivity index (χ3n) is 8.74. The Hall–Kier alpha value is -4.47. The van der Waals surface area contributed by atoms with Gasteiger partial charge in [-0.05, 0) is 69.5 Å². The van der Waals surface area contributed by atoms with Crippen molar-refractivity contribution in [2.45, 2.75) is 39.5 Å². The molecule has 8 rings (SSSR count). The van der Waals surface area contributed by atoms with Gasteiger partial charge in [0.15, 0.2) is 0 Å². The topological polar surface area (TPSA) is 17.8 Å². The van der Waals surface area contributed by atoms with Crippen LogP contribution in [0.5, 0.6) is 0 Å². The Morgan fingerprint density at radius 2 is 1.29 bits per heavy atom. The van der Waals surface area contributed by atoms with Crippen LogP contribution in [-0.4, -0.2) is 9.55 Å². The van der Waals surface area contributed by atoms with Crippen molar-refractivity contribution in [2.75, 3.05) is 0 Å². The Morgan fingerprint density at radius 1 is 0.595 bits per heavy atom. The maximum absolute atomic E-state index is 5.28. The summed E-state index contributed by atoms with van der Waals surface area (Å²) in [6.45, 7) is 9.16. The van der Waals surface area contributed by atoms with Crippen molar-refractivity contribution < 1.29 is 0 Å². The van der Waals surface area contributed by atoms with Gasteiger partial charge in [0.1, 0.15) is 5.82 Å². The lowest BCUT2D eigenvalue weighted by Crippen LogP contribution is -2.08. The highest BCUT2D eigenvalue weighted by Gasteiger charge is 2.22. The van der Waals surface area contributed by atoms with Crippen LogP contribution >= 0.6 is 11.3 Å². The molecule has 0 saturated carbocycles. The number of aromatic nitrogens is 2. The molecule has 0 aliphatic heterocycles. The van der Waals surface area contributed by atoms with E-state index in [2.05, 4.69) is 141 Å². The van der Waals surface area contributed by atoms with Gasteiger partial charge in [-0.3, -0.25) is 4.57 Å². The van der Waals surface area contributed by atoms with Crippen molar-refractivity contribution >= 4 is 64.1 Å². The summed E-state index contributed by atoms with van der Waals surface area (Å²) >= 11 is 1.89. The van der Waals surface area contributed by atoms with Crippen LogP contribution in [0.1, 0.15) is 50.7 Å². The number of nitrogens with zero attached hydrogens (tertiary/aromatic N) is 2. The van der Waals surface area contributed by atoms with Gasteiger partial charge in [0, 0.05) is 31.1 Å². The number of imidazole rings is 1. The summed E-state index contributed by atoms with van der Waals surface area (Å²) in [6.07, 6.45) is 0. The van der Waals surface area contributed by atoms with Crippen molar-refractivity contribution in [3.8, 4) is 17.1 Å². The molecule has 0 atom stereocenters. The van der Waals surface area contributed by atoms with E-state index in [-0.39, 0.29) is 0 Å². The summed E-state index contributed by atoms with van der Waals surface area (Å²) in [6, 6.07) is 40.1. The van der Waals surface area contributed by atoms with E-state index in [4.69, 9.17) is 4.98 Å². The van der Waals surface area contributed by atoms with Crippen LogP contribution in [0.4, 0.5) is 0 Å². The molecule has 3 heteroatoms. The number of hydrogen-bond acceptors (Lipinski definition) is 2. The third-order valence-corrected chi connectivity index (χ3v) is 9.96. The highest BCUT2D eigenvalue weighted by atomic mass is 32.1. The zero-order chi connectivity index (χ0) is 28.5. The first-order valence-corrected chi connectivity index (χ1v) is 15.7. The summed E-state index contributed by atoms with van der Waals surface area (Å²) in [5, 5.41) is 7.85. The zero-order valence-corrected chi connectivity index (χ0v) is 25.2. The van der Waals surface area contributed by atoms with Gasteiger partial charge in [0.2, 0.25) is 0 Å². The summed E-state index contributed by atoms with van der Waals surface area (Å²) < 4.78 is 5.09. The molecule has 42 heavy (non-hydrogen) atoms. The lowest BCUT2D eigenvalue weighted by Gasteiger charge is -2.22. The Labute approximate surface area is 249 Å². The maximum atomic E-state index is 5.28. The second-order valence-corrected chi connectivity index (χ2v) is 13.0. The fraction of sp³-hybridized carbons (Fsp3) is 0.154. The first kappa shape index (κ1) is 25.3. The summed E-state index contributed by atoms with van der Waals surface area (Å²) in [5.41, 5.74) is 7.30. The minimum atomic E-state index is 0.389. The molecule has 0 saturated heterocycles. The zero-order valence-electron chi connectivity index (χ0n) is 24.3. The van der Waals surface area contributed by atoms with Crippen LogP contribution in [0.2, 0.25) is 0 Å². The van der Waals surface area contributed by atoms with Gasteiger partial charge in [0.05, 0.1) is 16.7 Å². The molecule has 0 N–H and O–H groups in total. The number of benzene rings is 6. The molecule has 0 spiro atoms. The van der Waals surface area contributed by atoms with Gasteiger partial charge < -0.3 is 0 Å². The molecule has 2 heterocycles. The number of rotatable bonds is 4. The number of thiophene rings is 1. The predicted molar refractivity (Wildman–Crippen MR) is 183 cm³/mol. The first-order chi connectivity index (χ1) is 20.5. The molecule has 6 aromatic carbocycles. The molecule has 0 aliphatic rings. The van der Waals surface area contributed by atoms with Crippen LogP contribution in [0, 0.1) is 0 Å². The average molecular weight is 561 g/mol. The van der Waals surface area contributed by atoms with Gasteiger partial charge in [0.25, 0.3) is 0 Å². The maximum Gasteiger partial charge on any atom is 0.145 e. The number of fused-ring (bicyclic) bond motifs is 8. The van der Waals surface area contributed by atoms with Crippen LogP contribution in [-0.2, 0) is 0 Å². The van der Waals surface area contributed by atoms with Crippen molar-refractivity contribution in [1.82, 2.24) is 9.55 Å². The molecule has 0 fully saturated rings. The molecular weight excluding hydrogens is 529 g/mol. The SMILES string of the molecule is CC(C)c1cccc(C(C)C)c1-n1c(-c2ccc3sc4c(ccc5c6ccccc6ccc54)c3c2)nc2ccccc21. The van der Waals surface area contributed by atoms with Crippen molar-refractivity contribution in [3.05, 3.63) is 120 Å². The molecule has 0 aliphatic carbocycles. The molecule has 2 aromatic heterocycles. The van der Waals surface area contributed by atoms with Gasteiger partial charge in [-0.2, -0.15) is 0 Å². The van der Waals surface area contributed by atoms with E-state index in [9.17, 15) is 0 Å². The molecule has 2 nitrogen and oxygen atoms in total. The van der Waals surface area contributed by atoms with E-state index in [0.717, 1.165) is 22.4 Å². The van der Waals surface area contributed by atoms with E-state index < -0.39 is 0 Å². The fourth-order valence-corrected chi connectivity index (χ4v) is 7.89. The quantitative estimate of drug-likeness (QED) is 0.196. The minimum Gasteiger partial charge on any atom is -0.292 e. The standard InChI is InChI=1S/C39H32N2S/c1-23(2)27-12-9-13-28(24(3)4)37(27)41-35-15-8-7-14-34(35)40-39(41)26-17-21-36-33(22-26)32-20-19-30-29-11-6-5-10-25(29)16-18-31(30)38(32)42-36/h5-24H,1-4H3. The van der Waals surface area contributed by atoms with Crippen LogP contribution in [0.3, 0.4) is 0 Å². The normalized spacial score (nSPS) is 12.2. The second kappa shape index (κ2) is 9.54. The first-order valence-electron chi connectivity index (χ1n) is 14.9. The largest absolute Gasteiger partial charge is 0.292 e. The van der Waals surface area contributed by atoms with Gasteiger partial charge in [-0.15, -0.1) is 11.3 Å². The molecule has 0 radical (unpaired) electrons. The Kier molecular flexibility index (Phi) is 5.74. The summed E-state index contributed by atoms with van der Waals surface area (Å²) in [7, 11) is 0. The highest BCUT2D eigenvalue weighted by Crippen LogP contribution is 2.43. The second-order valence-electron chi connectivity index (χ2n) is 12.0. The van der Waals surface area contributed by atoms with Gasteiger partial charge in [-0.1, -0.05) is 107 Å². The van der Waals surface area contributed by atoms with Crippen LogP contribution in [0.25, 0.3) is 69.8 Å². The number of para-hydroxylation sites is 3. The van der Waals surface area contributed by atoms with E-state index in [1.54, 1.807) is 0 Å². The third kappa shape index (κ3) is 3.73. The van der Waals surface area contributed by atoms with Crippen molar-refractivity contribution in [1.29, 1.82) is 0 Å². The molecule has 0 unspecified atom stereocenters.